The highest BCUT2D eigenvalue weighted by Crippen LogP contribution is 2.36. The summed E-state index contributed by atoms with van der Waals surface area (Å²) in [5, 5.41) is 0. The maximum atomic E-state index is 4.29. The Morgan fingerprint density at radius 2 is 1.81 bits per heavy atom. The zero-order valence-corrected chi connectivity index (χ0v) is 17.3. The smallest absolute Gasteiger partial charge is 0.0485 e. The first-order valence-corrected chi connectivity index (χ1v) is 10.7. The molecule has 0 spiro atoms. The van der Waals surface area contributed by atoms with E-state index in [1.807, 2.05) is 0 Å². The summed E-state index contributed by atoms with van der Waals surface area (Å²) < 4.78 is 0. The third-order valence-corrected chi connectivity index (χ3v) is 5.92. The Bertz CT molecular complexity index is 847. The summed E-state index contributed by atoms with van der Waals surface area (Å²) >= 11 is 1.74. The minimum absolute atomic E-state index is 1.06. The van der Waals surface area contributed by atoms with Gasteiger partial charge in [-0.1, -0.05) is 80.9 Å². The Kier molecular flexibility index (Phi) is 7.00. The van der Waals surface area contributed by atoms with Crippen LogP contribution < -0.4 is 4.90 Å². The standard InChI is InChI=1S/C25H29NS/c1-4-5-6-11-17-26-18-16-22(23-13-8-9-14-24(23)26)19-21(3)27-25-15-10-7-12-20(25)2/h7-10,12-16,18-19H,3-6,11,17H2,1-2H3/b22-19+. The van der Waals surface area contributed by atoms with E-state index in [0.29, 0.717) is 0 Å². The van der Waals surface area contributed by atoms with Crippen LogP contribution in [0, 0.1) is 6.92 Å². The molecule has 0 aliphatic carbocycles. The Morgan fingerprint density at radius 3 is 2.63 bits per heavy atom. The van der Waals surface area contributed by atoms with Crippen molar-refractivity contribution in [1.29, 1.82) is 0 Å². The van der Waals surface area contributed by atoms with Crippen molar-refractivity contribution in [2.24, 2.45) is 0 Å². The lowest BCUT2D eigenvalue weighted by Gasteiger charge is -2.28. The second kappa shape index (κ2) is 9.66. The van der Waals surface area contributed by atoms with Crippen LogP contribution >= 0.6 is 11.8 Å². The van der Waals surface area contributed by atoms with E-state index in [2.05, 4.69) is 92.2 Å². The summed E-state index contributed by atoms with van der Waals surface area (Å²) in [4.78, 5) is 4.72. The first kappa shape index (κ1) is 19.6. The Morgan fingerprint density at radius 1 is 1.04 bits per heavy atom. The SMILES string of the molecule is C=C(/C=C1\C=CN(CCCCCC)c2ccccc21)Sc1ccccc1C. The van der Waals surface area contributed by atoms with E-state index in [0.717, 1.165) is 11.4 Å². The van der Waals surface area contributed by atoms with Gasteiger partial charge in [0.25, 0.3) is 0 Å². The number of allylic oxidation sites excluding steroid dienone is 3. The molecular weight excluding hydrogens is 346 g/mol. The molecule has 0 saturated carbocycles. The van der Waals surface area contributed by atoms with Gasteiger partial charge in [0.15, 0.2) is 0 Å². The molecule has 0 saturated heterocycles. The molecule has 1 aliphatic rings. The third kappa shape index (κ3) is 5.17. The average Bonchev–Trinajstić information content (AvgIpc) is 2.68. The fraction of sp³-hybridized carbons (Fsp3) is 0.280. The molecule has 2 aromatic rings. The van der Waals surface area contributed by atoms with Gasteiger partial charge in [0, 0.05) is 33.8 Å². The van der Waals surface area contributed by atoms with Gasteiger partial charge in [-0.05, 0) is 48.8 Å². The number of nitrogens with zero attached hydrogens (tertiary/aromatic N) is 1. The van der Waals surface area contributed by atoms with Crippen LogP contribution in [-0.2, 0) is 0 Å². The minimum Gasteiger partial charge on any atom is -0.347 e. The van der Waals surface area contributed by atoms with Crippen LogP contribution in [0.15, 0.2) is 83.3 Å². The van der Waals surface area contributed by atoms with Gasteiger partial charge >= 0.3 is 0 Å². The maximum Gasteiger partial charge on any atom is 0.0485 e. The summed E-state index contributed by atoms with van der Waals surface area (Å²) in [5.41, 5.74) is 5.12. The molecule has 0 amide bonds. The van der Waals surface area contributed by atoms with Crippen molar-refractivity contribution in [2.45, 2.75) is 44.4 Å². The zero-order chi connectivity index (χ0) is 19.1. The molecule has 2 heteroatoms. The van der Waals surface area contributed by atoms with Crippen molar-refractivity contribution in [1.82, 2.24) is 0 Å². The monoisotopic (exact) mass is 375 g/mol. The van der Waals surface area contributed by atoms with Gasteiger partial charge in [0.1, 0.15) is 0 Å². The molecule has 0 fully saturated rings. The topological polar surface area (TPSA) is 3.24 Å². The quantitative estimate of drug-likeness (QED) is 0.345. The first-order chi connectivity index (χ1) is 13.2. The summed E-state index contributed by atoms with van der Waals surface area (Å²) in [6.07, 6.45) is 11.8. The number of aryl methyl sites for hydroxylation is 1. The molecule has 0 aromatic heterocycles. The van der Waals surface area contributed by atoms with Gasteiger partial charge < -0.3 is 4.90 Å². The summed E-state index contributed by atoms with van der Waals surface area (Å²) in [6, 6.07) is 17.2. The summed E-state index contributed by atoms with van der Waals surface area (Å²) in [6.45, 7) is 9.78. The van der Waals surface area contributed by atoms with Crippen LogP contribution in [0.5, 0.6) is 0 Å². The lowest BCUT2D eigenvalue weighted by molar-refractivity contribution is 0.666. The van der Waals surface area contributed by atoms with Crippen LogP contribution in [0.1, 0.15) is 43.7 Å². The molecule has 0 N–H and O–H groups in total. The fourth-order valence-electron chi connectivity index (χ4n) is 3.35. The molecule has 0 radical (unpaired) electrons. The Balaban J connectivity index is 1.76. The zero-order valence-electron chi connectivity index (χ0n) is 16.4. The van der Waals surface area contributed by atoms with E-state index >= 15 is 0 Å². The van der Waals surface area contributed by atoms with E-state index in [1.165, 1.54) is 53.0 Å². The van der Waals surface area contributed by atoms with Crippen molar-refractivity contribution in [3.8, 4) is 0 Å². The van der Waals surface area contributed by atoms with Crippen molar-refractivity contribution < 1.29 is 0 Å². The van der Waals surface area contributed by atoms with Crippen molar-refractivity contribution in [3.05, 3.63) is 89.5 Å². The maximum absolute atomic E-state index is 4.29. The number of rotatable bonds is 8. The minimum atomic E-state index is 1.06. The van der Waals surface area contributed by atoms with E-state index in [9.17, 15) is 0 Å². The fourth-order valence-corrected chi connectivity index (χ4v) is 4.20. The number of fused-ring (bicyclic) bond motifs is 1. The van der Waals surface area contributed by atoms with Gasteiger partial charge in [-0.25, -0.2) is 0 Å². The number of hydrogen-bond acceptors (Lipinski definition) is 2. The third-order valence-electron chi connectivity index (χ3n) is 4.86. The Hall–Kier alpha value is -2.19. The highest BCUT2D eigenvalue weighted by molar-refractivity contribution is 8.03. The normalized spacial score (nSPS) is 14.4. The first-order valence-electron chi connectivity index (χ1n) is 9.87. The van der Waals surface area contributed by atoms with E-state index < -0.39 is 0 Å². The van der Waals surface area contributed by atoms with Gasteiger partial charge in [0.05, 0.1) is 0 Å². The molecule has 1 heterocycles. The second-order valence-electron chi connectivity index (χ2n) is 7.02. The van der Waals surface area contributed by atoms with Crippen molar-refractivity contribution in [3.63, 3.8) is 0 Å². The Labute approximate surface area is 168 Å². The van der Waals surface area contributed by atoms with Crippen molar-refractivity contribution in [2.75, 3.05) is 11.4 Å². The second-order valence-corrected chi connectivity index (χ2v) is 8.19. The molecule has 0 atom stereocenters. The van der Waals surface area contributed by atoms with Crippen LogP contribution in [0.25, 0.3) is 5.57 Å². The van der Waals surface area contributed by atoms with Crippen LogP contribution in [0.2, 0.25) is 0 Å². The van der Waals surface area contributed by atoms with Gasteiger partial charge in [0.2, 0.25) is 0 Å². The van der Waals surface area contributed by atoms with Gasteiger partial charge in [-0.3, -0.25) is 0 Å². The predicted molar refractivity (Wildman–Crippen MR) is 121 cm³/mol. The molecule has 1 nitrogen and oxygen atoms in total. The number of benzene rings is 2. The lowest BCUT2D eigenvalue weighted by atomic mass is 9.99. The number of thioether (sulfide) groups is 1. The van der Waals surface area contributed by atoms with Crippen molar-refractivity contribution >= 4 is 23.0 Å². The average molecular weight is 376 g/mol. The van der Waals surface area contributed by atoms with Crippen LogP contribution in [-0.4, -0.2) is 6.54 Å². The molecule has 3 rings (SSSR count). The highest BCUT2D eigenvalue weighted by atomic mass is 32.2. The number of unbranched alkanes of at least 4 members (excludes halogenated alkanes) is 3. The number of para-hydroxylation sites is 1. The number of anilines is 1. The molecule has 0 bridgehead atoms. The predicted octanol–water partition coefficient (Wildman–Crippen LogP) is 7.60. The van der Waals surface area contributed by atoms with Gasteiger partial charge in [-0.2, -0.15) is 0 Å². The van der Waals surface area contributed by atoms with Crippen LogP contribution in [0.3, 0.4) is 0 Å². The van der Waals surface area contributed by atoms with E-state index in [4.69, 9.17) is 0 Å². The molecular formula is C25H29NS. The summed E-state index contributed by atoms with van der Waals surface area (Å²) in [7, 11) is 0. The van der Waals surface area contributed by atoms with E-state index in [1.54, 1.807) is 11.8 Å². The highest BCUT2D eigenvalue weighted by Gasteiger charge is 2.15. The molecule has 140 valence electrons. The largest absolute Gasteiger partial charge is 0.347 e. The van der Waals surface area contributed by atoms with Gasteiger partial charge in [-0.15, -0.1) is 0 Å². The van der Waals surface area contributed by atoms with E-state index in [-0.39, 0.29) is 0 Å². The molecule has 1 aliphatic heterocycles. The number of hydrogen-bond donors (Lipinski definition) is 0. The van der Waals surface area contributed by atoms with Crippen LogP contribution in [0.4, 0.5) is 5.69 Å². The molecule has 0 unspecified atom stereocenters. The molecule has 27 heavy (non-hydrogen) atoms. The molecule has 2 aromatic carbocycles. The lowest BCUT2D eigenvalue weighted by Crippen LogP contribution is -2.21. The summed E-state index contributed by atoms with van der Waals surface area (Å²) in [5.74, 6) is 0.